The van der Waals surface area contributed by atoms with Crippen LogP contribution in [0.2, 0.25) is 0 Å². The van der Waals surface area contributed by atoms with Crippen LogP contribution >= 0.6 is 7.60 Å². The highest BCUT2D eigenvalue weighted by Crippen LogP contribution is 2.58. The number of ether oxygens (including phenoxy) is 2. The van der Waals surface area contributed by atoms with Crippen molar-refractivity contribution < 1.29 is 42.4 Å². The predicted molar refractivity (Wildman–Crippen MR) is 133 cm³/mol. The van der Waals surface area contributed by atoms with Crippen molar-refractivity contribution in [2.24, 2.45) is 0 Å². The summed E-state index contributed by atoms with van der Waals surface area (Å²) in [6.07, 6.45) is -8.88. The fraction of sp³-hybridized carbons (Fsp3) is 0.500. The van der Waals surface area contributed by atoms with Crippen LogP contribution in [0.15, 0.2) is 23.8 Å². The molecule has 0 aromatic carbocycles. The summed E-state index contributed by atoms with van der Waals surface area (Å²) in [5, 5.41) is 20.1. The van der Waals surface area contributed by atoms with Crippen LogP contribution in [0.1, 0.15) is 12.5 Å². The topological polar surface area (TPSA) is 265 Å². The minimum absolute atomic E-state index is 0.0345. The zero-order valence-corrected chi connectivity index (χ0v) is 21.5. The summed E-state index contributed by atoms with van der Waals surface area (Å²) in [7, 11) is -5.04. The minimum atomic E-state index is -5.04. The van der Waals surface area contributed by atoms with Gasteiger partial charge < -0.3 is 40.6 Å². The van der Waals surface area contributed by atoms with Crippen LogP contribution in [0.5, 0.6) is 0 Å². The highest BCUT2D eigenvalue weighted by Gasteiger charge is 2.57. The number of nitrogens with two attached hydrogens (primary N) is 2. The minimum Gasteiger partial charge on any atom is -0.394 e. The second-order valence-electron chi connectivity index (χ2n) is 9.40. The third-order valence-electron chi connectivity index (χ3n) is 6.95. The average molecular weight is 600 g/mol. The molecule has 220 valence electrons. The molecule has 4 aromatic heterocycles. The van der Waals surface area contributed by atoms with Crippen LogP contribution in [-0.2, 0) is 18.6 Å². The number of anilines is 2. The van der Waals surface area contributed by atoms with Gasteiger partial charge in [0, 0.05) is 0 Å². The molecule has 0 saturated carbocycles. The van der Waals surface area contributed by atoms with Crippen LogP contribution < -0.4 is 17.0 Å². The predicted octanol–water partition coefficient (Wildman–Crippen LogP) is -1.48. The number of fused-ring (bicyclic) bond motifs is 2. The van der Waals surface area contributed by atoms with Gasteiger partial charge in [-0.2, -0.15) is 4.98 Å². The van der Waals surface area contributed by atoms with Crippen molar-refractivity contribution in [3.05, 3.63) is 29.3 Å². The Morgan fingerprint density at radius 3 is 2.44 bits per heavy atom. The summed E-state index contributed by atoms with van der Waals surface area (Å²) in [4.78, 5) is 45.0. The lowest BCUT2D eigenvalue weighted by atomic mass is 10.1. The number of hydrogen-bond acceptors (Lipinski definition) is 14. The van der Waals surface area contributed by atoms with Gasteiger partial charge >= 0.3 is 7.60 Å². The number of aromatic nitrogens is 8. The van der Waals surface area contributed by atoms with Crippen molar-refractivity contribution >= 4 is 41.7 Å². The number of aliphatic hydroxyl groups excluding tert-OH is 2. The number of halogens is 2. The second-order valence-corrected chi connectivity index (χ2v) is 11.4. The van der Waals surface area contributed by atoms with Gasteiger partial charge in [-0.3, -0.25) is 23.5 Å². The third kappa shape index (κ3) is 4.43. The molecule has 2 fully saturated rings. The van der Waals surface area contributed by atoms with Gasteiger partial charge in [-0.05, 0) is 0 Å². The molecule has 0 radical (unpaired) electrons. The van der Waals surface area contributed by atoms with Gasteiger partial charge in [-0.1, -0.05) is 0 Å². The molecule has 41 heavy (non-hydrogen) atoms. The Hall–Kier alpha value is -3.65. The smallest absolute Gasteiger partial charge is 0.338 e. The first kappa shape index (κ1) is 27.5. The van der Waals surface area contributed by atoms with Crippen molar-refractivity contribution in [3.63, 3.8) is 0 Å². The summed E-state index contributed by atoms with van der Waals surface area (Å²) in [5.74, 6) is -0.271. The zero-order valence-electron chi connectivity index (χ0n) is 20.6. The lowest BCUT2D eigenvalue weighted by Crippen LogP contribution is -2.34. The van der Waals surface area contributed by atoms with Gasteiger partial charge in [0.15, 0.2) is 41.3 Å². The fourth-order valence-corrected chi connectivity index (χ4v) is 6.56. The van der Waals surface area contributed by atoms with E-state index >= 15 is 8.78 Å². The summed E-state index contributed by atoms with van der Waals surface area (Å²) in [6, 6.07) is 0. The van der Waals surface area contributed by atoms with Crippen molar-refractivity contribution in [1.29, 1.82) is 0 Å². The molecule has 0 spiro atoms. The molecule has 21 heteroatoms. The number of H-pyrrole nitrogens is 1. The summed E-state index contributed by atoms with van der Waals surface area (Å²) in [5.41, 5.74) is 8.57. The number of aliphatic hydroxyl groups is 2. The Morgan fingerprint density at radius 1 is 1.02 bits per heavy atom. The quantitative estimate of drug-likeness (QED) is 0.132. The normalized spacial score (nSPS) is 31.7. The number of alkyl halides is 2. The first-order valence-corrected chi connectivity index (χ1v) is 13.7. The van der Waals surface area contributed by atoms with Crippen molar-refractivity contribution in [2.45, 2.75) is 48.8 Å². The summed E-state index contributed by atoms with van der Waals surface area (Å²) in [6.45, 7) is -1.70. The van der Waals surface area contributed by atoms with Crippen LogP contribution in [-0.4, -0.2) is 104 Å². The molecule has 0 aliphatic carbocycles. The van der Waals surface area contributed by atoms with Crippen LogP contribution in [0.3, 0.4) is 0 Å². The number of nitrogens with zero attached hydrogens (tertiary/aromatic N) is 7. The zero-order chi connectivity index (χ0) is 29.2. The largest absolute Gasteiger partial charge is 0.394 e. The molecule has 1 unspecified atom stereocenters. The van der Waals surface area contributed by atoms with E-state index in [4.69, 9.17) is 25.5 Å². The lowest BCUT2D eigenvalue weighted by Gasteiger charge is -2.26. The molecule has 0 bridgehead atoms. The van der Waals surface area contributed by atoms with Crippen LogP contribution in [0, 0.1) is 0 Å². The Bertz CT molecular complexity index is 1720. The fourth-order valence-electron chi connectivity index (χ4n) is 4.94. The highest BCUT2D eigenvalue weighted by atomic mass is 31.2. The summed E-state index contributed by atoms with van der Waals surface area (Å²) < 4.78 is 62.4. The first-order valence-electron chi connectivity index (χ1n) is 12.0. The van der Waals surface area contributed by atoms with E-state index in [1.165, 1.54) is 10.9 Å². The Labute approximate surface area is 226 Å². The Kier molecular flexibility index (Phi) is 6.72. The van der Waals surface area contributed by atoms with E-state index in [1.54, 1.807) is 0 Å². The van der Waals surface area contributed by atoms with E-state index in [1.807, 2.05) is 0 Å². The summed E-state index contributed by atoms with van der Waals surface area (Å²) >= 11 is 0. The molecule has 6 heterocycles. The van der Waals surface area contributed by atoms with Crippen LogP contribution in [0.25, 0.3) is 22.3 Å². The monoisotopic (exact) mass is 600 g/mol. The Balaban J connectivity index is 1.25. The second kappa shape index (κ2) is 10.0. The molecule has 0 amide bonds. The molecule has 18 nitrogen and oxygen atoms in total. The maximum atomic E-state index is 15.4. The molecular weight excluding hydrogens is 577 g/mol. The van der Waals surface area contributed by atoms with Gasteiger partial charge in [0.25, 0.3) is 5.56 Å². The standard InChI is InChI=1S/C20H23F2N10O8P/c21-8-6(1-33)39-19(32-5-28-11-16(32)29-20(24)30-17(11)35)13(8)41(36,37)38-2-7-12(34)9(22)18(40-7)31-4-27-10-14(23)25-3-26-15(10)31/h3-9,12-13,18-19,33-34H,1-2H2,(H,36,37)(H2,23,25,26)(H3,24,29,30,35)/t6-,7-,8-,9+,12-,13-,18-,19-/m1/s1. The number of nitrogens with one attached hydrogen (secondary N) is 1. The molecule has 2 aliphatic heterocycles. The first-order chi connectivity index (χ1) is 19.5. The molecule has 2 saturated heterocycles. The van der Waals surface area contributed by atoms with Crippen molar-refractivity contribution in [3.8, 4) is 0 Å². The van der Waals surface area contributed by atoms with E-state index in [-0.39, 0.29) is 34.1 Å². The molecule has 8 N–H and O–H groups in total. The SMILES string of the molecule is Nc1nc2c(ncn2[C@@H]2O[C@H](CO)[C@@H](F)[C@H]2P(=O)(O)OC[C@H]2O[C@@H](n3cnc4c(N)ncnc43)[C@@H](F)[C@@H]2O)c(=O)[nH]1. The number of imidazole rings is 2. The maximum Gasteiger partial charge on any atom is 0.338 e. The van der Waals surface area contributed by atoms with Gasteiger partial charge in [0.1, 0.15) is 42.0 Å². The molecular formula is C20H23F2N10O8P. The van der Waals surface area contributed by atoms with Gasteiger partial charge in [0.05, 0.1) is 25.9 Å². The van der Waals surface area contributed by atoms with Gasteiger partial charge in [0.2, 0.25) is 5.95 Å². The van der Waals surface area contributed by atoms with Crippen LogP contribution in [0.4, 0.5) is 20.5 Å². The molecule has 6 rings (SSSR count). The molecule has 9 atom stereocenters. The van der Waals surface area contributed by atoms with Gasteiger partial charge in [-0.25, -0.2) is 28.7 Å². The third-order valence-corrected chi connectivity index (χ3v) is 8.76. The number of rotatable bonds is 7. The lowest BCUT2D eigenvalue weighted by molar-refractivity contribution is -0.0444. The van der Waals surface area contributed by atoms with Crippen molar-refractivity contribution in [2.75, 3.05) is 24.7 Å². The van der Waals surface area contributed by atoms with E-state index in [0.29, 0.717) is 0 Å². The Morgan fingerprint density at radius 2 is 1.71 bits per heavy atom. The van der Waals surface area contributed by atoms with E-state index < -0.39 is 75.1 Å². The number of hydrogen-bond donors (Lipinski definition) is 6. The number of nitrogen functional groups attached to an aromatic ring is 2. The van der Waals surface area contributed by atoms with E-state index in [0.717, 1.165) is 17.2 Å². The maximum absolute atomic E-state index is 15.4. The van der Waals surface area contributed by atoms with Crippen molar-refractivity contribution in [1.82, 2.24) is 39.0 Å². The number of aromatic amines is 1. The molecule has 4 aromatic rings. The highest BCUT2D eigenvalue weighted by molar-refractivity contribution is 7.53. The van der Waals surface area contributed by atoms with E-state index in [2.05, 4.69) is 29.9 Å². The van der Waals surface area contributed by atoms with E-state index in [9.17, 15) is 24.5 Å². The van der Waals surface area contributed by atoms with Gasteiger partial charge in [-0.15, -0.1) is 0 Å². The molecule has 2 aliphatic rings. The average Bonchev–Trinajstić information content (AvgIpc) is 3.68.